The van der Waals surface area contributed by atoms with Gasteiger partial charge in [0, 0.05) is 10.7 Å². The van der Waals surface area contributed by atoms with Gasteiger partial charge in [-0.25, -0.2) is 4.39 Å². The first-order valence-electron chi connectivity index (χ1n) is 4.70. The van der Waals surface area contributed by atoms with Crippen LogP contribution in [0.25, 0.3) is 0 Å². The fourth-order valence-electron chi connectivity index (χ4n) is 1.26. The van der Waals surface area contributed by atoms with Crippen LogP contribution < -0.4 is 4.74 Å². The zero-order chi connectivity index (χ0) is 11.5. The Bertz CT molecular complexity index is 516. The first-order valence-corrected chi connectivity index (χ1v) is 5.49. The van der Waals surface area contributed by atoms with E-state index in [1.807, 2.05) is 6.92 Å². The number of benzene rings is 1. The summed E-state index contributed by atoms with van der Waals surface area (Å²) < 4.78 is 19.6. The lowest BCUT2D eigenvalue weighted by Crippen LogP contribution is -1.89. The largest absolute Gasteiger partial charge is 0.453 e. The Morgan fingerprint density at radius 2 is 2.06 bits per heavy atom. The van der Waals surface area contributed by atoms with Crippen molar-refractivity contribution in [3.63, 3.8) is 0 Å². The van der Waals surface area contributed by atoms with E-state index in [0.717, 1.165) is 10.0 Å². The summed E-state index contributed by atoms with van der Waals surface area (Å²) in [6.45, 7) is 1.88. The van der Waals surface area contributed by atoms with Crippen molar-refractivity contribution >= 4 is 15.9 Å². The monoisotopic (exact) mass is 281 g/mol. The Labute approximate surface area is 101 Å². The number of rotatable bonds is 2. The van der Waals surface area contributed by atoms with E-state index in [-0.39, 0.29) is 11.6 Å². The van der Waals surface area contributed by atoms with Gasteiger partial charge in [0.1, 0.15) is 5.75 Å². The molecule has 0 spiro atoms. The van der Waals surface area contributed by atoms with Crippen molar-refractivity contribution in [1.82, 2.24) is 4.98 Å². The number of hydrogen-bond donors (Lipinski definition) is 0. The number of pyridine rings is 1. The van der Waals surface area contributed by atoms with E-state index in [0.29, 0.717) is 5.75 Å². The summed E-state index contributed by atoms with van der Waals surface area (Å²) in [5.41, 5.74) is 0.944. The van der Waals surface area contributed by atoms with Crippen molar-refractivity contribution in [2.24, 2.45) is 0 Å². The zero-order valence-electron chi connectivity index (χ0n) is 8.58. The van der Waals surface area contributed by atoms with E-state index in [9.17, 15) is 4.39 Å². The molecule has 0 fully saturated rings. The van der Waals surface area contributed by atoms with Crippen molar-refractivity contribution in [2.75, 3.05) is 0 Å². The van der Waals surface area contributed by atoms with Crippen LogP contribution in [0, 0.1) is 12.7 Å². The second-order valence-electron chi connectivity index (χ2n) is 3.37. The first-order chi connectivity index (χ1) is 7.65. The van der Waals surface area contributed by atoms with Gasteiger partial charge < -0.3 is 4.74 Å². The highest BCUT2D eigenvalue weighted by Crippen LogP contribution is 2.26. The van der Waals surface area contributed by atoms with Crippen LogP contribution in [0.4, 0.5) is 4.39 Å². The van der Waals surface area contributed by atoms with Gasteiger partial charge in [-0.05, 0) is 46.6 Å². The summed E-state index contributed by atoms with van der Waals surface area (Å²) in [5.74, 6) is 0.323. The van der Waals surface area contributed by atoms with E-state index < -0.39 is 0 Å². The SMILES string of the molecule is Cc1ccc(F)c(Oc2cncc(Br)c2)c1. The number of aromatic nitrogens is 1. The van der Waals surface area contributed by atoms with Crippen LogP contribution in [0.15, 0.2) is 41.1 Å². The van der Waals surface area contributed by atoms with Gasteiger partial charge in [-0.15, -0.1) is 0 Å². The maximum absolute atomic E-state index is 13.4. The molecule has 1 aromatic carbocycles. The molecule has 82 valence electrons. The fraction of sp³-hybridized carbons (Fsp3) is 0.0833. The molecule has 1 heterocycles. The van der Waals surface area contributed by atoms with Gasteiger partial charge in [-0.1, -0.05) is 6.07 Å². The summed E-state index contributed by atoms with van der Waals surface area (Å²) in [7, 11) is 0. The molecule has 16 heavy (non-hydrogen) atoms. The molecule has 0 unspecified atom stereocenters. The molecule has 0 aliphatic carbocycles. The molecule has 0 atom stereocenters. The third-order valence-electron chi connectivity index (χ3n) is 1.99. The van der Waals surface area contributed by atoms with Crippen molar-refractivity contribution in [1.29, 1.82) is 0 Å². The number of halogens is 2. The standard InChI is InChI=1S/C12H9BrFNO/c1-8-2-3-11(14)12(4-8)16-10-5-9(13)6-15-7-10/h2-7H,1H3. The Kier molecular flexibility index (Phi) is 3.19. The summed E-state index contributed by atoms with van der Waals surface area (Å²) in [5, 5.41) is 0. The minimum atomic E-state index is -0.384. The van der Waals surface area contributed by atoms with E-state index in [1.54, 1.807) is 24.4 Å². The predicted molar refractivity (Wildman–Crippen MR) is 63.1 cm³/mol. The minimum Gasteiger partial charge on any atom is -0.453 e. The van der Waals surface area contributed by atoms with Gasteiger partial charge in [-0.3, -0.25) is 4.98 Å². The van der Waals surface area contributed by atoms with Crippen LogP contribution in [0.1, 0.15) is 5.56 Å². The maximum atomic E-state index is 13.4. The highest BCUT2D eigenvalue weighted by molar-refractivity contribution is 9.10. The number of nitrogens with zero attached hydrogens (tertiary/aromatic N) is 1. The van der Waals surface area contributed by atoms with E-state index in [4.69, 9.17) is 4.74 Å². The van der Waals surface area contributed by atoms with Gasteiger partial charge in [0.15, 0.2) is 11.6 Å². The molecule has 0 aliphatic heterocycles. The maximum Gasteiger partial charge on any atom is 0.165 e. The predicted octanol–water partition coefficient (Wildman–Crippen LogP) is 4.08. The van der Waals surface area contributed by atoms with Crippen LogP contribution in [0.5, 0.6) is 11.5 Å². The Balaban J connectivity index is 2.30. The first kappa shape index (κ1) is 11.1. The normalized spacial score (nSPS) is 10.2. The van der Waals surface area contributed by atoms with Gasteiger partial charge in [0.25, 0.3) is 0 Å². The quantitative estimate of drug-likeness (QED) is 0.827. The molecule has 4 heteroatoms. The summed E-state index contributed by atoms with van der Waals surface area (Å²) in [6.07, 6.45) is 3.17. The molecule has 0 aliphatic rings. The average Bonchev–Trinajstić information content (AvgIpc) is 2.24. The van der Waals surface area contributed by atoms with E-state index in [2.05, 4.69) is 20.9 Å². The summed E-state index contributed by atoms with van der Waals surface area (Å²) >= 11 is 3.27. The topological polar surface area (TPSA) is 22.1 Å². The zero-order valence-corrected chi connectivity index (χ0v) is 10.2. The molecule has 0 saturated carbocycles. The molecule has 2 nitrogen and oxygen atoms in total. The number of hydrogen-bond acceptors (Lipinski definition) is 2. The molecule has 0 saturated heterocycles. The van der Waals surface area contributed by atoms with Crippen molar-refractivity contribution in [3.05, 3.63) is 52.5 Å². The Morgan fingerprint density at radius 1 is 1.25 bits per heavy atom. The number of aryl methyl sites for hydroxylation is 1. The molecular formula is C12H9BrFNO. The Hall–Kier alpha value is -1.42. The third-order valence-corrected chi connectivity index (χ3v) is 2.43. The molecular weight excluding hydrogens is 273 g/mol. The molecule has 0 bridgehead atoms. The molecule has 0 N–H and O–H groups in total. The average molecular weight is 282 g/mol. The minimum absolute atomic E-state index is 0.208. The van der Waals surface area contributed by atoms with E-state index >= 15 is 0 Å². The van der Waals surface area contributed by atoms with Crippen molar-refractivity contribution in [3.8, 4) is 11.5 Å². The lowest BCUT2D eigenvalue weighted by atomic mass is 10.2. The van der Waals surface area contributed by atoms with Gasteiger partial charge in [-0.2, -0.15) is 0 Å². The molecule has 0 amide bonds. The second-order valence-corrected chi connectivity index (χ2v) is 4.29. The van der Waals surface area contributed by atoms with Crippen LogP contribution in [-0.4, -0.2) is 4.98 Å². The van der Waals surface area contributed by atoms with Crippen LogP contribution in [0.3, 0.4) is 0 Å². The summed E-state index contributed by atoms with van der Waals surface area (Å²) in [4.78, 5) is 3.94. The Morgan fingerprint density at radius 3 is 2.81 bits per heavy atom. The van der Waals surface area contributed by atoms with Crippen molar-refractivity contribution < 1.29 is 9.13 Å². The highest BCUT2D eigenvalue weighted by atomic mass is 79.9. The smallest absolute Gasteiger partial charge is 0.165 e. The molecule has 2 rings (SSSR count). The number of ether oxygens (including phenoxy) is 1. The van der Waals surface area contributed by atoms with Crippen LogP contribution in [0.2, 0.25) is 0 Å². The molecule has 2 aromatic rings. The lowest BCUT2D eigenvalue weighted by molar-refractivity contribution is 0.440. The molecule has 1 aromatic heterocycles. The van der Waals surface area contributed by atoms with Gasteiger partial charge in [0.2, 0.25) is 0 Å². The van der Waals surface area contributed by atoms with Gasteiger partial charge >= 0.3 is 0 Å². The fourth-order valence-corrected chi connectivity index (χ4v) is 1.61. The summed E-state index contributed by atoms with van der Waals surface area (Å²) in [6, 6.07) is 6.46. The third kappa shape index (κ3) is 2.58. The second kappa shape index (κ2) is 4.61. The van der Waals surface area contributed by atoms with Crippen LogP contribution >= 0.6 is 15.9 Å². The van der Waals surface area contributed by atoms with Crippen LogP contribution in [-0.2, 0) is 0 Å². The molecule has 0 radical (unpaired) electrons. The highest BCUT2D eigenvalue weighted by Gasteiger charge is 2.05. The lowest BCUT2D eigenvalue weighted by Gasteiger charge is -2.07. The van der Waals surface area contributed by atoms with E-state index in [1.165, 1.54) is 12.3 Å². The van der Waals surface area contributed by atoms with Crippen molar-refractivity contribution in [2.45, 2.75) is 6.92 Å². The van der Waals surface area contributed by atoms with Gasteiger partial charge in [0.05, 0.1) is 6.20 Å².